The van der Waals surface area contributed by atoms with E-state index in [0.29, 0.717) is 12.4 Å². The van der Waals surface area contributed by atoms with Gasteiger partial charge < -0.3 is 15.6 Å². The lowest BCUT2D eigenvalue weighted by molar-refractivity contribution is -0.139. The average molecular weight is 283 g/mol. The Bertz CT molecular complexity index is 434. The van der Waals surface area contributed by atoms with E-state index >= 15 is 0 Å². The van der Waals surface area contributed by atoms with Gasteiger partial charge in [0, 0.05) is 16.1 Å². The molecule has 0 unspecified atom stereocenters. The second-order valence-corrected chi connectivity index (χ2v) is 6.38. The van der Waals surface area contributed by atoms with E-state index in [1.165, 1.54) is 11.8 Å². The van der Waals surface area contributed by atoms with Crippen molar-refractivity contribution in [3.63, 3.8) is 0 Å². The van der Waals surface area contributed by atoms with Gasteiger partial charge in [0.2, 0.25) is 0 Å². The van der Waals surface area contributed by atoms with Crippen LogP contribution in [-0.2, 0) is 10.5 Å². The number of carboxylic acids is 1. The number of ether oxygens (including phenoxy) is 1. The summed E-state index contributed by atoms with van der Waals surface area (Å²) in [6.07, 6.45) is 0. The molecular weight excluding hydrogens is 262 g/mol. The number of para-hydroxylation sites is 1. The third kappa shape index (κ3) is 4.44. The summed E-state index contributed by atoms with van der Waals surface area (Å²) < 4.78 is 5.01. The van der Waals surface area contributed by atoms with Crippen molar-refractivity contribution in [3.8, 4) is 5.75 Å². The second-order valence-electron chi connectivity index (χ2n) is 4.75. The monoisotopic (exact) mass is 283 g/mol. The van der Waals surface area contributed by atoms with Crippen molar-refractivity contribution in [3.05, 3.63) is 29.8 Å². The van der Waals surface area contributed by atoms with Gasteiger partial charge in [-0.1, -0.05) is 18.2 Å². The van der Waals surface area contributed by atoms with E-state index in [9.17, 15) is 4.79 Å². The van der Waals surface area contributed by atoms with E-state index in [4.69, 9.17) is 15.6 Å². The highest BCUT2D eigenvalue weighted by Crippen LogP contribution is 2.33. The van der Waals surface area contributed by atoms with Gasteiger partial charge in [-0.15, -0.1) is 11.8 Å². The first-order valence-corrected chi connectivity index (χ1v) is 7.20. The van der Waals surface area contributed by atoms with Crippen molar-refractivity contribution in [2.75, 3.05) is 6.61 Å². The van der Waals surface area contributed by atoms with Gasteiger partial charge in [0.15, 0.2) is 0 Å². The quantitative estimate of drug-likeness (QED) is 0.804. The Labute approximate surface area is 118 Å². The molecule has 0 aromatic heterocycles. The highest BCUT2D eigenvalue weighted by Gasteiger charge is 2.32. The van der Waals surface area contributed by atoms with Crippen LogP contribution in [0.4, 0.5) is 0 Å². The fraction of sp³-hybridized carbons (Fsp3) is 0.500. The summed E-state index contributed by atoms with van der Waals surface area (Å²) in [4.78, 5) is 11.0. The van der Waals surface area contributed by atoms with Crippen molar-refractivity contribution in [1.29, 1.82) is 0 Å². The molecule has 3 N–H and O–H groups in total. The Morgan fingerprint density at radius 3 is 2.68 bits per heavy atom. The van der Waals surface area contributed by atoms with Crippen LogP contribution in [0.25, 0.3) is 0 Å². The van der Waals surface area contributed by atoms with Crippen molar-refractivity contribution >= 4 is 17.7 Å². The van der Waals surface area contributed by atoms with Gasteiger partial charge in [0.25, 0.3) is 0 Å². The number of carboxylic acid groups (broad SMARTS) is 1. The van der Waals surface area contributed by atoms with Crippen molar-refractivity contribution in [2.24, 2.45) is 5.73 Å². The molecular formula is C14H21NO3S. The van der Waals surface area contributed by atoms with Gasteiger partial charge in [-0.3, -0.25) is 4.79 Å². The maximum atomic E-state index is 11.0. The number of aliphatic carboxylic acids is 1. The smallest absolute Gasteiger partial charge is 0.321 e. The Morgan fingerprint density at radius 1 is 1.47 bits per heavy atom. The molecule has 1 rings (SSSR count). The molecule has 106 valence electrons. The number of carbonyl (C=O) groups is 1. The standard InChI is InChI=1S/C14H21NO3S/c1-4-18-11-8-6-5-7-10(11)9-19-14(2,3)12(15)13(16)17/h5-8,12H,4,9,15H2,1-3H3,(H,16,17)/t12-/m0/s1. The van der Waals surface area contributed by atoms with Crippen molar-refractivity contribution in [1.82, 2.24) is 0 Å². The van der Waals surface area contributed by atoms with Crippen LogP contribution in [0.2, 0.25) is 0 Å². The number of hydrogen-bond acceptors (Lipinski definition) is 4. The maximum absolute atomic E-state index is 11.0. The SMILES string of the molecule is CCOc1ccccc1CSC(C)(C)[C@@H](N)C(=O)O. The van der Waals surface area contributed by atoms with Crippen LogP contribution >= 0.6 is 11.8 Å². The third-order valence-electron chi connectivity index (χ3n) is 2.89. The fourth-order valence-corrected chi connectivity index (χ4v) is 2.62. The van der Waals surface area contributed by atoms with Gasteiger partial charge in [0.05, 0.1) is 6.61 Å². The Morgan fingerprint density at radius 2 is 2.11 bits per heavy atom. The highest BCUT2D eigenvalue weighted by molar-refractivity contribution is 7.99. The summed E-state index contributed by atoms with van der Waals surface area (Å²) >= 11 is 1.52. The Hall–Kier alpha value is -1.20. The highest BCUT2D eigenvalue weighted by atomic mass is 32.2. The molecule has 0 spiro atoms. The van der Waals surface area contributed by atoms with Gasteiger partial charge in [-0.2, -0.15) is 0 Å². The first-order valence-electron chi connectivity index (χ1n) is 6.21. The summed E-state index contributed by atoms with van der Waals surface area (Å²) in [6.45, 7) is 6.24. The predicted molar refractivity (Wildman–Crippen MR) is 78.6 cm³/mol. The molecule has 4 nitrogen and oxygen atoms in total. The van der Waals surface area contributed by atoms with Crippen LogP contribution < -0.4 is 10.5 Å². The molecule has 19 heavy (non-hydrogen) atoms. The number of hydrogen-bond donors (Lipinski definition) is 2. The first-order chi connectivity index (χ1) is 8.88. The summed E-state index contributed by atoms with van der Waals surface area (Å²) in [5.74, 6) is 0.539. The summed E-state index contributed by atoms with van der Waals surface area (Å²) in [7, 11) is 0. The lowest BCUT2D eigenvalue weighted by Gasteiger charge is -2.28. The van der Waals surface area contributed by atoms with Crippen LogP contribution in [0.3, 0.4) is 0 Å². The maximum Gasteiger partial charge on any atom is 0.321 e. The molecule has 0 amide bonds. The molecule has 1 atom stereocenters. The molecule has 5 heteroatoms. The van der Waals surface area contributed by atoms with E-state index in [0.717, 1.165) is 11.3 Å². The fourth-order valence-electron chi connectivity index (χ4n) is 1.57. The van der Waals surface area contributed by atoms with Crippen LogP contribution in [0.5, 0.6) is 5.75 Å². The van der Waals surface area contributed by atoms with E-state index < -0.39 is 16.8 Å². The Balaban J connectivity index is 2.73. The summed E-state index contributed by atoms with van der Waals surface area (Å²) in [5.41, 5.74) is 6.76. The van der Waals surface area contributed by atoms with Gasteiger partial charge >= 0.3 is 5.97 Å². The molecule has 1 aromatic rings. The van der Waals surface area contributed by atoms with E-state index in [2.05, 4.69) is 0 Å². The van der Waals surface area contributed by atoms with Gasteiger partial charge in [0.1, 0.15) is 11.8 Å². The summed E-state index contributed by atoms with van der Waals surface area (Å²) in [5, 5.41) is 8.99. The molecule has 0 radical (unpaired) electrons. The first kappa shape index (κ1) is 15.9. The second kappa shape index (κ2) is 6.82. The van der Waals surface area contributed by atoms with Crippen molar-refractivity contribution < 1.29 is 14.6 Å². The number of nitrogens with two attached hydrogens (primary N) is 1. The van der Waals surface area contributed by atoms with Gasteiger partial charge in [-0.05, 0) is 26.8 Å². The van der Waals surface area contributed by atoms with E-state index in [-0.39, 0.29) is 0 Å². The normalized spacial score (nSPS) is 13.1. The topological polar surface area (TPSA) is 72.5 Å². The van der Waals surface area contributed by atoms with Crippen LogP contribution in [-0.4, -0.2) is 28.5 Å². The molecule has 0 aliphatic heterocycles. The molecule has 0 saturated carbocycles. The zero-order valence-corrected chi connectivity index (χ0v) is 12.4. The third-order valence-corrected chi connectivity index (χ3v) is 4.34. The number of thioether (sulfide) groups is 1. The number of benzene rings is 1. The zero-order valence-electron chi connectivity index (χ0n) is 11.6. The van der Waals surface area contributed by atoms with Crippen LogP contribution in [0.1, 0.15) is 26.3 Å². The molecule has 0 aliphatic rings. The van der Waals surface area contributed by atoms with E-state index in [1.54, 1.807) is 0 Å². The van der Waals surface area contributed by atoms with E-state index in [1.807, 2.05) is 45.0 Å². The predicted octanol–water partition coefficient (Wildman–Crippen LogP) is 2.51. The zero-order chi connectivity index (χ0) is 14.5. The number of rotatable bonds is 7. The molecule has 0 saturated heterocycles. The van der Waals surface area contributed by atoms with Crippen molar-refractivity contribution in [2.45, 2.75) is 37.3 Å². The Kier molecular flexibility index (Phi) is 5.69. The average Bonchev–Trinajstić information content (AvgIpc) is 2.37. The minimum Gasteiger partial charge on any atom is -0.494 e. The molecule has 1 aromatic carbocycles. The largest absolute Gasteiger partial charge is 0.494 e. The molecule has 0 fully saturated rings. The molecule has 0 bridgehead atoms. The molecule has 0 aliphatic carbocycles. The van der Waals surface area contributed by atoms with Crippen LogP contribution in [0.15, 0.2) is 24.3 Å². The summed E-state index contributed by atoms with van der Waals surface area (Å²) in [6, 6.07) is 6.89. The minimum absolute atomic E-state index is 0.537. The lowest BCUT2D eigenvalue weighted by atomic mass is 10.1. The van der Waals surface area contributed by atoms with Gasteiger partial charge in [-0.25, -0.2) is 0 Å². The molecule has 0 heterocycles. The lowest BCUT2D eigenvalue weighted by Crippen LogP contribution is -2.46. The van der Waals surface area contributed by atoms with Crippen LogP contribution in [0, 0.1) is 0 Å². The minimum atomic E-state index is -0.976.